The molecule has 0 aliphatic rings. The van der Waals surface area contributed by atoms with E-state index in [2.05, 4.69) is 51.2 Å². The Labute approximate surface area is 253 Å². The van der Waals surface area contributed by atoms with Crippen molar-refractivity contribution in [2.45, 2.75) is 17.1 Å². The average molecular weight is 615 g/mol. The van der Waals surface area contributed by atoms with E-state index in [-0.39, 0.29) is 88.4 Å². The van der Waals surface area contributed by atoms with Gasteiger partial charge < -0.3 is 46.2 Å². The molecule has 8 N–H and O–H groups in total. The van der Waals surface area contributed by atoms with Crippen molar-refractivity contribution in [1.82, 2.24) is 29.9 Å². The van der Waals surface area contributed by atoms with Gasteiger partial charge in [-0.25, -0.2) is 8.42 Å². The third kappa shape index (κ3) is 10.7. The first kappa shape index (κ1) is 33.0. The molecule has 2 heterocycles. The number of rotatable bonds is 13. The minimum absolute atomic E-state index is 0. The van der Waals surface area contributed by atoms with Gasteiger partial charge in [0.05, 0.1) is 30.3 Å². The average Bonchev–Trinajstić information content (AvgIpc) is 2.84. The largest absolute Gasteiger partial charge is 1.00 e. The molecular weight excluding hydrogens is 594 g/mol. The molecule has 39 heavy (non-hydrogen) atoms. The molecular formula is C18H21Cl2N10NaO7S. The molecule has 0 saturated carbocycles. The summed E-state index contributed by atoms with van der Waals surface area (Å²) in [6.07, 6.45) is -2.18. The van der Waals surface area contributed by atoms with Gasteiger partial charge in [-0.05, 0) is 41.4 Å². The molecule has 3 aromatic rings. The van der Waals surface area contributed by atoms with Crippen molar-refractivity contribution in [2.75, 3.05) is 47.6 Å². The van der Waals surface area contributed by atoms with Crippen LogP contribution in [0, 0.1) is 0 Å². The quantitative estimate of drug-likeness (QED) is 0.0679. The van der Waals surface area contributed by atoms with E-state index < -0.39 is 40.4 Å². The molecule has 0 aliphatic heterocycles. The van der Waals surface area contributed by atoms with Crippen LogP contribution in [0.4, 0.5) is 35.2 Å². The van der Waals surface area contributed by atoms with Crippen LogP contribution < -0.4 is 50.8 Å². The number of nitrogens with zero attached hydrogens (tertiary/aromatic N) is 6. The first-order chi connectivity index (χ1) is 17.9. The molecule has 2 unspecified atom stereocenters. The van der Waals surface area contributed by atoms with Crippen LogP contribution in [-0.2, 0) is 10.1 Å². The maximum absolute atomic E-state index is 11.8. The van der Waals surface area contributed by atoms with Crippen molar-refractivity contribution in [1.29, 1.82) is 0 Å². The second-order valence-electron chi connectivity index (χ2n) is 7.39. The summed E-state index contributed by atoms with van der Waals surface area (Å²) < 4.78 is 35.3. The Balaban J connectivity index is 0.00000533. The van der Waals surface area contributed by atoms with Crippen LogP contribution in [0.1, 0.15) is 0 Å². The van der Waals surface area contributed by atoms with E-state index in [4.69, 9.17) is 33.4 Å². The number of anilines is 6. The zero-order valence-electron chi connectivity index (χ0n) is 20.1. The number of aromatic nitrogens is 6. The SMILES string of the molecule is O=S(=O)([O-])c1cc(Nc2nc(Cl)nc(NCC(O)CO)n2)cc(Nc2nc(Cl)nc(NCC(O)CO)n2)c1.[Na+]. The number of hydrogen-bond acceptors (Lipinski definition) is 17. The molecule has 0 spiro atoms. The van der Waals surface area contributed by atoms with E-state index in [1.165, 1.54) is 6.07 Å². The standard InChI is InChI=1S/C18H22Cl2N10O7S.Na/c19-13-25-15(21-4-10(33)6-31)29-17(27-13)23-8-1-9(3-12(2-8)38(35,36)37)24-18-28-14(20)26-16(30-18)22-5-11(34)7-32;/h1-3,10-11,31-34H,4-7H2,(H,35,36,37)(H2,21,23,25,27,29)(H2,22,24,26,28,30);/q;+1/p-1. The number of aliphatic hydroxyl groups is 4. The Hall–Kier alpha value is -2.23. The maximum atomic E-state index is 11.8. The Morgan fingerprint density at radius 1 is 0.744 bits per heavy atom. The zero-order chi connectivity index (χ0) is 27.9. The molecule has 1 aromatic carbocycles. The normalized spacial score (nSPS) is 12.7. The molecule has 2 atom stereocenters. The van der Waals surface area contributed by atoms with Crippen molar-refractivity contribution in [2.24, 2.45) is 0 Å². The van der Waals surface area contributed by atoms with Crippen LogP contribution in [0.3, 0.4) is 0 Å². The topological polar surface area (TPSA) is 264 Å². The summed E-state index contributed by atoms with van der Waals surface area (Å²) in [5, 5.41) is 47.0. The summed E-state index contributed by atoms with van der Waals surface area (Å²) in [6.45, 7) is -1.20. The molecule has 0 fully saturated rings. The van der Waals surface area contributed by atoms with Gasteiger partial charge in [-0.15, -0.1) is 0 Å². The molecule has 2 aromatic heterocycles. The molecule has 0 saturated heterocycles. The fourth-order valence-electron chi connectivity index (χ4n) is 2.66. The van der Waals surface area contributed by atoms with Crippen LogP contribution in [0.25, 0.3) is 0 Å². The predicted molar refractivity (Wildman–Crippen MR) is 134 cm³/mol. The van der Waals surface area contributed by atoms with Crippen LogP contribution in [-0.4, -0.2) is 102 Å². The van der Waals surface area contributed by atoms with Crippen LogP contribution >= 0.6 is 23.2 Å². The Bertz CT molecular complexity index is 1290. The summed E-state index contributed by atoms with van der Waals surface area (Å²) in [6, 6.07) is 3.42. The van der Waals surface area contributed by atoms with Crippen molar-refractivity contribution >= 4 is 68.5 Å². The predicted octanol–water partition coefficient (Wildman–Crippen LogP) is -3.71. The Morgan fingerprint density at radius 3 is 1.49 bits per heavy atom. The van der Waals surface area contributed by atoms with E-state index >= 15 is 0 Å². The first-order valence-corrected chi connectivity index (χ1v) is 12.7. The third-order valence-electron chi connectivity index (χ3n) is 4.34. The fraction of sp³-hybridized carbons (Fsp3) is 0.333. The van der Waals surface area contributed by atoms with Gasteiger partial charge in [0.1, 0.15) is 10.1 Å². The second-order valence-corrected chi connectivity index (χ2v) is 9.44. The number of hydrogen-bond donors (Lipinski definition) is 8. The van der Waals surface area contributed by atoms with Gasteiger partial charge in [-0.1, -0.05) is 0 Å². The summed E-state index contributed by atoms with van der Waals surface area (Å²) >= 11 is 11.8. The molecule has 0 bridgehead atoms. The smallest absolute Gasteiger partial charge is 0.744 e. The van der Waals surface area contributed by atoms with Gasteiger partial charge in [0.2, 0.25) is 34.4 Å². The molecule has 17 nitrogen and oxygen atoms in total. The third-order valence-corrected chi connectivity index (χ3v) is 5.49. The number of nitrogens with one attached hydrogen (secondary N) is 4. The first-order valence-electron chi connectivity index (χ1n) is 10.5. The van der Waals surface area contributed by atoms with Gasteiger partial charge in [0.15, 0.2) is 0 Å². The monoisotopic (exact) mass is 614 g/mol. The maximum Gasteiger partial charge on any atom is 1.00 e. The van der Waals surface area contributed by atoms with Crippen LogP contribution in [0.2, 0.25) is 10.6 Å². The number of benzene rings is 1. The summed E-state index contributed by atoms with van der Waals surface area (Å²) in [5.41, 5.74) is 0.0789. The van der Waals surface area contributed by atoms with Gasteiger partial charge in [0.25, 0.3) is 0 Å². The van der Waals surface area contributed by atoms with Crippen LogP contribution in [0.5, 0.6) is 0 Å². The number of halogens is 2. The van der Waals surface area contributed by atoms with E-state index in [0.29, 0.717) is 0 Å². The van der Waals surface area contributed by atoms with Crippen molar-refractivity contribution in [3.63, 3.8) is 0 Å². The molecule has 0 amide bonds. The Kier molecular flexibility index (Phi) is 12.6. The molecule has 21 heteroatoms. The van der Waals surface area contributed by atoms with Crippen LogP contribution in [0.15, 0.2) is 23.1 Å². The molecule has 0 radical (unpaired) electrons. The van der Waals surface area contributed by atoms with Gasteiger partial charge >= 0.3 is 29.6 Å². The van der Waals surface area contributed by atoms with Crippen molar-refractivity contribution in [3.8, 4) is 0 Å². The van der Waals surface area contributed by atoms with E-state index in [1.54, 1.807) is 0 Å². The summed E-state index contributed by atoms with van der Waals surface area (Å²) in [5.74, 6) is -0.404. The summed E-state index contributed by atoms with van der Waals surface area (Å²) in [7, 11) is -4.92. The van der Waals surface area contributed by atoms with Crippen molar-refractivity contribution in [3.05, 3.63) is 28.8 Å². The van der Waals surface area contributed by atoms with Gasteiger partial charge in [0, 0.05) is 24.5 Å². The number of aliphatic hydroxyl groups excluding tert-OH is 4. The van der Waals surface area contributed by atoms with Gasteiger partial charge in [-0.3, -0.25) is 0 Å². The summed E-state index contributed by atoms with van der Waals surface area (Å²) in [4.78, 5) is 22.9. The van der Waals surface area contributed by atoms with Gasteiger partial charge in [-0.2, -0.15) is 29.9 Å². The second kappa shape index (κ2) is 15.0. The Morgan fingerprint density at radius 2 is 1.13 bits per heavy atom. The minimum Gasteiger partial charge on any atom is -0.744 e. The zero-order valence-corrected chi connectivity index (χ0v) is 24.4. The molecule has 0 aliphatic carbocycles. The van der Waals surface area contributed by atoms with E-state index in [0.717, 1.165) is 12.1 Å². The minimum atomic E-state index is -4.92. The molecule has 206 valence electrons. The molecule has 3 rings (SSSR count). The van der Waals surface area contributed by atoms with E-state index in [1.807, 2.05) is 0 Å². The van der Waals surface area contributed by atoms with E-state index in [9.17, 15) is 23.2 Å². The van der Waals surface area contributed by atoms with Crippen molar-refractivity contribution < 1.29 is 63.0 Å². The fourth-order valence-corrected chi connectivity index (χ4v) is 3.53.